The van der Waals surface area contributed by atoms with Crippen molar-refractivity contribution < 1.29 is 20.1 Å². The summed E-state index contributed by atoms with van der Waals surface area (Å²) in [7, 11) is 0. The van der Waals surface area contributed by atoms with Crippen molar-refractivity contribution in [3.05, 3.63) is 173 Å². The molecule has 8 aromatic rings. The Balaban J connectivity index is 0.000000281. The summed E-state index contributed by atoms with van der Waals surface area (Å²) in [6, 6.07) is 49.6. The van der Waals surface area contributed by atoms with Gasteiger partial charge in [-0.3, -0.25) is 16.3 Å². The van der Waals surface area contributed by atoms with Gasteiger partial charge in [0, 0.05) is 32.0 Å². The van der Waals surface area contributed by atoms with Gasteiger partial charge >= 0.3 is 0 Å². The number of hydrogen-bond donors (Lipinski definition) is 0. The fraction of sp³-hybridized carbons (Fsp3) is 0.156. The second kappa shape index (κ2) is 15.9. The van der Waals surface area contributed by atoms with Crippen LogP contribution >= 0.6 is 11.3 Å². The molecule has 3 aromatic heterocycles. The van der Waals surface area contributed by atoms with E-state index >= 15 is 0 Å². The molecular weight excluding hydrogens is 807 g/mol. The van der Waals surface area contributed by atoms with E-state index < -0.39 is 0 Å². The van der Waals surface area contributed by atoms with Crippen LogP contribution in [0.4, 0.5) is 0 Å². The van der Waals surface area contributed by atoms with Crippen LogP contribution in [0.1, 0.15) is 61.8 Å². The summed E-state index contributed by atoms with van der Waals surface area (Å²) in [5.41, 5.74) is 11.9. The third kappa shape index (κ3) is 7.41. The SMILES string of the molecule is CC(C)c1cccc(C(C)C)c1-n1c(-c2[c-]sc3cc(Cc4ccccc4)ccc23)nc2ccccc21.[Ir].[c-]1ccccc1-c1ccccn1. The molecule has 0 fully saturated rings. The fourth-order valence-corrected chi connectivity index (χ4v) is 7.29. The molecule has 0 saturated heterocycles. The Morgan fingerprint density at radius 3 is 2.12 bits per heavy atom. The van der Waals surface area contributed by atoms with Crippen molar-refractivity contribution in [2.24, 2.45) is 0 Å². The molecule has 0 amide bonds. The molecule has 3 nitrogen and oxygen atoms in total. The van der Waals surface area contributed by atoms with Gasteiger partial charge in [0.25, 0.3) is 0 Å². The van der Waals surface area contributed by atoms with Gasteiger partial charge in [-0.05, 0) is 58.8 Å². The van der Waals surface area contributed by atoms with Crippen LogP contribution in [-0.4, -0.2) is 14.5 Å². The minimum atomic E-state index is 0. The first-order valence-electron chi connectivity index (χ1n) is 16.9. The molecule has 5 heteroatoms. The first-order chi connectivity index (χ1) is 24.0. The number of rotatable bonds is 7. The van der Waals surface area contributed by atoms with E-state index in [4.69, 9.17) is 4.98 Å². The molecule has 1 radical (unpaired) electrons. The summed E-state index contributed by atoms with van der Waals surface area (Å²) >= 11 is 1.69. The summed E-state index contributed by atoms with van der Waals surface area (Å²) in [5, 5.41) is 4.86. The second-order valence-electron chi connectivity index (χ2n) is 12.9. The average molecular weight is 846 g/mol. The van der Waals surface area contributed by atoms with Crippen molar-refractivity contribution >= 4 is 32.5 Å². The van der Waals surface area contributed by atoms with Crippen LogP contribution < -0.4 is 0 Å². The predicted molar refractivity (Wildman–Crippen MR) is 207 cm³/mol. The van der Waals surface area contributed by atoms with Gasteiger partial charge in [0.05, 0.1) is 16.9 Å². The van der Waals surface area contributed by atoms with Crippen LogP contribution in [0.2, 0.25) is 0 Å². The smallest absolute Gasteiger partial charge is 0.0774 e. The Morgan fingerprint density at radius 2 is 1.42 bits per heavy atom. The van der Waals surface area contributed by atoms with E-state index in [1.165, 1.54) is 38.0 Å². The molecule has 0 N–H and O–H groups in total. The van der Waals surface area contributed by atoms with Gasteiger partial charge in [0.1, 0.15) is 0 Å². The van der Waals surface area contributed by atoms with Crippen molar-refractivity contribution in [3.63, 3.8) is 0 Å². The molecule has 251 valence electrons. The quantitative estimate of drug-likeness (QED) is 0.150. The first kappa shape index (κ1) is 35.2. The molecule has 50 heavy (non-hydrogen) atoms. The number of pyridine rings is 1. The molecule has 5 aromatic carbocycles. The second-order valence-corrected chi connectivity index (χ2v) is 13.8. The Hall–Kier alpha value is -4.67. The molecule has 0 aliphatic heterocycles. The molecule has 0 aliphatic rings. The topological polar surface area (TPSA) is 30.7 Å². The van der Waals surface area contributed by atoms with E-state index in [0.29, 0.717) is 11.8 Å². The molecule has 8 rings (SSSR count). The first-order valence-corrected chi connectivity index (χ1v) is 17.8. The normalized spacial score (nSPS) is 11.1. The predicted octanol–water partition coefficient (Wildman–Crippen LogP) is 12.1. The number of fused-ring (bicyclic) bond motifs is 2. The molecule has 0 aliphatic carbocycles. The van der Waals surface area contributed by atoms with Crippen LogP contribution in [0.15, 0.2) is 140 Å². The van der Waals surface area contributed by atoms with Crippen LogP contribution in [0.25, 0.3) is 49.5 Å². The van der Waals surface area contributed by atoms with Gasteiger partial charge < -0.3 is 9.55 Å². The number of hydrogen-bond acceptors (Lipinski definition) is 3. The third-order valence-electron chi connectivity index (χ3n) is 8.83. The van der Waals surface area contributed by atoms with Crippen LogP contribution in [-0.2, 0) is 26.5 Å². The number of benzene rings is 5. The number of thiophene rings is 1. The molecule has 0 atom stereocenters. The van der Waals surface area contributed by atoms with Crippen molar-refractivity contribution in [3.8, 4) is 28.3 Å². The van der Waals surface area contributed by atoms with Crippen molar-refractivity contribution in [1.82, 2.24) is 14.5 Å². The Kier molecular flexibility index (Phi) is 11.2. The van der Waals surface area contributed by atoms with E-state index in [9.17, 15) is 0 Å². The van der Waals surface area contributed by atoms with Gasteiger partial charge in [0.2, 0.25) is 0 Å². The van der Waals surface area contributed by atoms with Gasteiger partial charge in [-0.15, -0.1) is 47.3 Å². The molecule has 0 saturated carbocycles. The Bertz CT molecular complexity index is 2240. The van der Waals surface area contributed by atoms with Crippen molar-refractivity contribution in [2.45, 2.75) is 46.0 Å². The minimum Gasteiger partial charge on any atom is -0.333 e. The van der Waals surface area contributed by atoms with Crippen LogP contribution in [0.5, 0.6) is 0 Å². The fourth-order valence-electron chi connectivity index (χ4n) is 6.39. The summed E-state index contributed by atoms with van der Waals surface area (Å²) in [6.07, 6.45) is 2.72. The zero-order valence-corrected chi connectivity index (χ0v) is 31.9. The monoisotopic (exact) mass is 846 g/mol. The minimum absolute atomic E-state index is 0. The van der Waals surface area contributed by atoms with Crippen molar-refractivity contribution in [2.75, 3.05) is 0 Å². The van der Waals surface area contributed by atoms with E-state index in [0.717, 1.165) is 40.1 Å². The van der Waals surface area contributed by atoms with E-state index in [1.807, 2.05) is 42.5 Å². The molecule has 0 spiro atoms. The summed E-state index contributed by atoms with van der Waals surface area (Å²) < 4.78 is 3.65. The Labute approximate surface area is 313 Å². The third-order valence-corrected chi connectivity index (χ3v) is 9.69. The van der Waals surface area contributed by atoms with Gasteiger partial charge in [-0.2, -0.15) is 0 Å². The number of aromatic nitrogens is 3. The van der Waals surface area contributed by atoms with Gasteiger partial charge in [-0.25, -0.2) is 0 Å². The zero-order chi connectivity index (χ0) is 33.7. The Morgan fingerprint density at radius 1 is 0.700 bits per heavy atom. The van der Waals surface area contributed by atoms with Crippen molar-refractivity contribution in [1.29, 1.82) is 0 Å². The van der Waals surface area contributed by atoms with Crippen LogP contribution in [0, 0.1) is 11.4 Å². The summed E-state index contributed by atoms with van der Waals surface area (Å²) in [5.74, 6) is 1.76. The maximum Gasteiger partial charge on any atom is 0.0774 e. The van der Waals surface area contributed by atoms with E-state index in [-0.39, 0.29) is 20.1 Å². The largest absolute Gasteiger partial charge is 0.333 e. The maximum absolute atomic E-state index is 5.21. The van der Waals surface area contributed by atoms with Crippen LogP contribution in [0.3, 0.4) is 0 Å². The zero-order valence-electron chi connectivity index (χ0n) is 28.7. The van der Waals surface area contributed by atoms with E-state index in [1.54, 1.807) is 17.5 Å². The summed E-state index contributed by atoms with van der Waals surface area (Å²) in [6.45, 7) is 9.12. The molecule has 3 heterocycles. The van der Waals surface area contributed by atoms with E-state index in [2.05, 4.69) is 140 Å². The van der Waals surface area contributed by atoms with Gasteiger partial charge in [-0.1, -0.05) is 134 Å². The summed E-state index contributed by atoms with van der Waals surface area (Å²) in [4.78, 5) is 9.43. The number of para-hydroxylation sites is 3. The molecule has 0 bridgehead atoms. The molecule has 0 unspecified atom stereocenters. The number of imidazole rings is 1. The molecular formula is C45H39IrN3S-2. The average Bonchev–Trinajstić information content (AvgIpc) is 3.74. The number of nitrogens with zero attached hydrogens (tertiary/aromatic N) is 3. The standard InChI is InChI=1S/C34H31N2S.C11H8N.Ir/c1-22(2)26-13-10-14-27(23(3)4)33(26)36-31-16-9-8-15-30(31)35-34(36)29-21-37-32-20-25(17-18-28(29)32)19-24-11-6-5-7-12-24;1-2-6-10(7-3-1)11-8-4-5-9-12-11;/h5-18,20,22-23H,19H2,1-4H3;1-6,8-9H;/q2*-1;. The van der Waals surface area contributed by atoms with Gasteiger partial charge in [0.15, 0.2) is 0 Å². The maximum atomic E-state index is 5.21.